The first-order chi connectivity index (χ1) is 13.1. The number of aryl methyl sites for hydroxylation is 1. The van der Waals surface area contributed by atoms with Crippen LogP contribution in [-0.2, 0) is 16.1 Å². The third-order valence-electron chi connectivity index (χ3n) is 5.77. The molecule has 2 bridgehead atoms. The summed E-state index contributed by atoms with van der Waals surface area (Å²) < 4.78 is 5.41. The number of nitrogens with zero attached hydrogens (tertiary/aromatic N) is 3. The number of esters is 1. The van der Waals surface area contributed by atoms with Gasteiger partial charge in [-0.15, -0.1) is 0 Å². The first-order valence-electron chi connectivity index (χ1n) is 9.55. The summed E-state index contributed by atoms with van der Waals surface area (Å²) in [4.78, 5) is 24.7. The van der Waals surface area contributed by atoms with Crippen molar-refractivity contribution in [3.05, 3.63) is 35.7 Å². The van der Waals surface area contributed by atoms with Crippen molar-refractivity contribution in [3.8, 4) is 0 Å². The Bertz CT molecular complexity index is 841. The van der Waals surface area contributed by atoms with Gasteiger partial charge in [0, 0.05) is 12.1 Å². The molecule has 0 saturated heterocycles. The number of benzene rings is 1. The second kappa shape index (κ2) is 7.50. The average molecular weight is 367 g/mol. The topological polar surface area (TPSA) is 103 Å². The number of para-hydroxylation sites is 1. The number of ether oxygens (including phenoxy) is 1. The molecule has 3 N–H and O–H groups in total. The van der Waals surface area contributed by atoms with Gasteiger partial charge in [-0.05, 0) is 55.6 Å². The molecule has 0 unspecified atom stereocenters. The van der Waals surface area contributed by atoms with Crippen LogP contribution < -0.4 is 11.1 Å². The normalized spacial score (nSPS) is 23.4. The standard InChI is InChI=1S/C20H25N5O2/c1-12-4-2-3-5-16(12)22-20-24-17(23-19(21)25-20)11-27-18(26)10-15-9-13-6-7-14(15)8-13/h2-5,13-15H,6-11H2,1H3,(H3,21,22,23,24,25)/t13-,14-,15+/m0/s1. The minimum atomic E-state index is -0.181. The molecule has 142 valence electrons. The van der Waals surface area contributed by atoms with E-state index in [2.05, 4.69) is 20.3 Å². The molecule has 0 amide bonds. The molecule has 0 aliphatic heterocycles. The van der Waals surface area contributed by atoms with Gasteiger partial charge in [0.15, 0.2) is 12.4 Å². The van der Waals surface area contributed by atoms with Crippen LogP contribution in [0.1, 0.15) is 43.5 Å². The fraction of sp³-hybridized carbons (Fsp3) is 0.500. The maximum Gasteiger partial charge on any atom is 0.306 e. The number of anilines is 3. The highest BCUT2D eigenvalue weighted by atomic mass is 16.5. The first kappa shape index (κ1) is 17.7. The number of hydrogen-bond donors (Lipinski definition) is 2. The second-order valence-corrected chi connectivity index (χ2v) is 7.67. The lowest BCUT2D eigenvalue weighted by molar-refractivity contribution is -0.146. The quantitative estimate of drug-likeness (QED) is 0.754. The molecule has 7 nitrogen and oxygen atoms in total. The van der Waals surface area contributed by atoms with E-state index in [0.717, 1.165) is 17.2 Å². The fourth-order valence-electron chi connectivity index (χ4n) is 4.44. The molecule has 7 heteroatoms. The molecule has 1 aromatic carbocycles. The molecule has 27 heavy (non-hydrogen) atoms. The summed E-state index contributed by atoms with van der Waals surface area (Å²) in [5, 5.41) is 3.14. The highest BCUT2D eigenvalue weighted by Gasteiger charge is 2.40. The molecule has 4 rings (SSSR count). The molecule has 0 spiro atoms. The molecule has 2 saturated carbocycles. The fourth-order valence-corrected chi connectivity index (χ4v) is 4.44. The number of carbonyl (C=O) groups excluding carboxylic acids is 1. The predicted octanol–water partition coefficient (Wildman–Crippen LogP) is 3.38. The summed E-state index contributed by atoms with van der Waals surface area (Å²) in [6.45, 7) is 2.00. The van der Waals surface area contributed by atoms with E-state index in [4.69, 9.17) is 10.5 Å². The Hall–Kier alpha value is -2.70. The van der Waals surface area contributed by atoms with Crippen LogP contribution in [0.15, 0.2) is 24.3 Å². The van der Waals surface area contributed by atoms with Gasteiger partial charge in [-0.3, -0.25) is 4.79 Å². The molecule has 2 aliphatic rings. The number of hydrogen-bond acceptors (Lipinski definition) is 7. The monoisotopic (exact) mass is 367 g/mol. The van der Waals surface area contributed by atoms with Crippen molar-refractivity contribution in [2.45, 2.75) is 45.6 Å². The maximum absolute atomic E-state index is 12.2. The van der Waals surface area contributed by atoms with E-state index in [0.29, 0.717) is 30.0 Å². The van der Waals surface area contributed by atoms with Crippen molar-refractivity contribution in [3.63, 3.8) is 0 Å². The van der Waals surface area contributed by atoms with Crippen molar-refractivity contribution < 1.29 is 9.53 Å². The third kappa shape index (κ3) is 4.18. The molecule has 2 aromatic rings. The smallest absolute Gasteiger partial charge is 0.306 e. The number of carbonyl (C=O) groups is 1. The number of aromatic nitrogens is 3. The number of nitrogens with one attached hydrogen (secondary N) is 1. The zero-order valence-electron chi connectivity index (χ0n) is 15.5. The lowest BCUT2D eigenvalue weighted by Gasteiger charge is -2.20. The summed E-state index contributed by atoms with van der Waals surface area (Å²) in [5.74, 6) is 2.63. The Kier molecular flexibility index (Phi) is 4.92. The van der Waals surface area contributed by atoms with Gasteiger partial charge in [-0.2, -0.15) is 15.0 Å². The van der Waals surface area contributed by atoms with Crippen LogP contribution >= 0.6 is 0 Å². The Labute approximate surface area is 158 Å². The van der Waals surface area contributed by atoms with E-state index in [9.17, 15) is 4.79 Å². The summed E-state index contributed by atoms with van der Waals surface area (Å²) in [7, 11) is 0. The van der Waals surface area contributed by atoms with E-state index < -0.39 is 0 Å². The lowest BCUT2D eigenvalue weighted by Crippen LogP contribution is -2.17. The van der Waals surface area contributed by atoms with E-state index in [1.807, 2.05) is 31.2 Å². The highest BCUT2D eigenvalue weighted by Crippen LogP contribution is 2.49. The van der Waals surface area contributed by atoms with Crippen molar-refractivity contribution in [2.75, 3.05) is 11.1 Å². The number of fused-ring (bicyclic) bond motifs is 2. The van der Waals surface area contributed by atoms with Gasteiger partial charge in [0.25, 0.3) is 0 Å². The van der Waals surface area contributed by atoms with Crippen LogP contribution in [-0.4, -0.2) is 20.9 Å². The predicted molar refractivity (Wildman–Crippen MR) is 102 cm³/mol. The van der Waals surface area contributed by atoms with Gasteiger partial charge in [-0.25, -0.2) is 0 Å². The number of nitrogen functional groups attached to an aromatic ring is 1. The number of rotatable bonds is 6. The minimum Gasteiger partial charge on any atom is -0.457 e. The molecule has 2 aliphatic carbocycles. The van der Waals surface area contributed by atoms with Crippen LogP contribution in [0, 0.1) is 24.7 Å². The van der Waals surface area contributed by atoms with Gasteiger partial charge in [0.05, 0.1) is 0 Å². The van der Waals surface area contributed by atoms with Crippen molar-refractivity contribution >= 4 is 23.6 Å². The van der Waals surface area contributed by atoms with E-state index >= 15 is 0 Å². The Balaban J connectivity index is 1.35. The summed E-state index contributed by atoms with van der Waals surface area (Å²) >= 11 is 0. The second-order valence-electron chi connectivity index (χ2n) is 7.67. The molecule has 0 radical (unpaired) electrons. The van der Waals surface area contributed by atoms with Gasteiger partial charge >= 0.3 is 5.97 Å². The van der Waals surface area contributed by atoms with Crippen molar-refractivity contribution in [2.24, 2.45) is 17.8 Å². The Morgan fingerprint density at radius 1 is 1.22 bits per heavy atom. The van der Waals surface area contributed by atoms with Gasteiger partial charge < -0.3 is 15.8 Å². The first-order valence-corrected chi connectivity index (χ1v) is 9.55. The van der Waals surface area contributed by atoms with E-state index in [1.165, 1.54) is 25.7 Å². The largest absolute Gasteiger partial charge is 0.457 e. The van der Waals surface area contributed by atoms with E-state index in [1.54, 1.807) is 0 Å². The molecule has 3 atom stereocenters. The van der Waals surface area contributed by atoms with E-state index in [-0.39, 0.29) is 18.5 Å². The summed E-state index contributed by atoms with van der Waals surface area (Å²) in [6.07, 6.45) is 5.55. The van der Waals surface area contributed by atoms with Crippen LogP contribution in [0.25, 0.3) is 0 Å². The third-order valence-corrected chi connectivity index (χ3v) is 5.77. The molecule has 2 fully saturated rings. The maximum atomic E-state index is 12.2. The number of nitrogens with two attached hydrogens (primary N) is 1. The average Bonchev–Trinajstić information content (AvgIpc) is 3.25. The van der Waals surface area contributed by atoms with Crippen LogP contribution in [0.3, 0.4) is 0 Å². The highest BCUT2D eigenvalue weighted by molar-refractivity contribution is 5.69. The van der Waals surface area contributed by atoms with Crippen LogP contribution in [0.5, 0.6) is 0 Å². The van der Waals surface area contributed by atoms with Crippen molar-refractivity contribution in [1.29, 1.82) is 0 Å². The molecular formula is C20H25N5O2. The van der Waals surface area contributed by atoms with Crippen molar-refractivity contribution in [1.82, 2.24) is 15.0 Å². The summed E-state index contributed by atoms with van der Waals surface area (Å²) in [6, 6.07) is 7.82. The molecule has 1 aromatic heterocycles. The zero-order valence-corrected chi connectivity index (χ0v) is 15.5. The van der Waals surface area contributed by atoms with Crippen LogP contribution in [0.4, 0.5) is 17.6 Å². The van der Waals surface area contributed by atoms with Crippen LogP contribution in [0.2, 0.25) is 0 Å². The zero-order chi connectivity index (χ0) is 18.8. The SMILES string of the molecule is Cc1ccccc1Nc1nc(N)nc(COC(=O)C[C@H]2C[C@H]3CC[C@H]2C3)n1. The molecular weight excluding hydrogens is 342 g/mol. The molecule has 1 heterocycles. The minimum absolute atomic E-state index is 0.00875. The summed E-state index contributed by atoms with van der Waals surface area (Å²) in [5.41, 5.74) is 7.74. The Morgan fingerprint density at radius 2 is 2.07 bits per heavy atom. The van der Waals surface area contributed by atoms with Gasteiger partial charge in [-0.1, -0.05) is 24.6 Å². The van der Waals surface area contributed by atoms with Gasteiger partial charge in [0.2, 0.25) is 11.9 Å². The lowest BCUT2D eigenvalue weighted by atomic mass is 9.86. The Morgan fingerprint density at radius 3 is 2.81 bits per heavy atom. The van der Waals surface area contributed by atoms with Gasteiger partial charge in [0.1, 0.15) is 0 Å².